The van der Waals surface area contributed by atoms with E-state index >= 15 is 0 Å². The highest BCUT2D eigenvalue weighted by molar-refractivity contribution is 7.47. The molecule has 0 aromatic heterocycles. The van der Waals surface area contributed by atoms with Crippen molar-refractivity contribution >= 4 is 19.7 Å². The molecule has 9 nitrogen and oxygen atoms in total. The number of esters is 1. The Labute approximate surface area is 463 Å². The molecule has 0 saturated carbocycles. The average molecular weight is 1070 g/mol. The molecule has 0 heterocycles. The van der Waals surface area contributed by atoms with E-state index in [2.05, 4.69) is 99.0 Å². The molecule has 1 amide bonds. The van der Waals surface area contributed by atoms with Gasteiger partial charge in [-0.15, -0.1) is 0 Å². The van der Waals surface area contributed by atoms with Crippen molar-refractivity contribution in [2.75, 3.05) is 40.9 Å². The summed E-state index contributed by atoms with van der Waals surface area (Å²) in [7, 11) is 1.47. The van der Waals surface area contributed by atoms with Gasteiger partial charge in [-0.2, -0.15) is 0 Å². The fourth-order valence-electron chi connectivity index (χ4n) is 8.50. The van der Waals surface area contributed by atoms with Crippen molar-refractivity contribution in [3.8, 4) is 0 Å². The lowest BCUT2D eigenvalue weighted by molar-refractivity contribution is -0.870. The number of quaternary nitrogens is 1. The molecule has 3 unspecified atom stereocenters. The van der Waals surface area contributed by atoms with E-state index in [-0.39, 0.29) is 31.5 Å². The van der Waals surface area contributed by atoms with Crippen molar-refractivity contribution in [1.29, 1.82) is 0 Å². The molecule has 0 aromatic carbocycles. The van der Waals surface area contributed by atoms with E-state index in [9.17, 15) is 19.0 Å². The monoisotopic (exact) mass is 1070 g/mol. The molecule has 10 heteroatoms. The number of unbranched alkanes of at least 4 members (excludes halogenated alkanes) is 28. The van der Waals surface area contributed by atoms with Gasteiger partial charge in [-0.1, -0.05) is 235 Å². The summed E-state index contributed by atoms with van der Waals surface area (Å²) in [5.74, 6) is -0.540. The smallest absolute Gasteiger partial charge is 0.456 e. The molecule has 0 fully saturated rings. The fraction of sp³-hybridized carbons (Fsp3) is 0.754. The van der Waals surface area contributed by atoms with Crippen LogP contribution in [0.5, 0.6) is 0 Å². The van der Waals surface area contributed by atoms with E-state index in [4.69, 9.17) is 13.8 Å². The summed E-state index contributed by atoms with van der Waals surface area (Å²) >= 11 is 0. The first kappa shape index (κ1) is 72.2. The Hall–Kier alpha value is -2.81. The molecular weight excluding hydrogens is 952 g/mol. The molecule has 0 aromatic rings. The fourth-order valence-corrected chi connectivity index (χ4v) is 9.24. The molecule has 0 aliphatic rings. The maximum Gasteiger partial charge on any atom is 0.472 e. The zero-order chi connectivity index (χ0) is 55.0. The largest absolute Gasteiger partial charge is 0.472 e. The van der Waals surface area contributed by atoms with Gasteiger partial charge in [0.05, 0.1) is 33.8 Å². The van der Waals surface area contributed by atoms with Gasteiger partial charge in [-0.25, -0.2) is 4.57 Å². The summed E-state index contributed by atoms with van der Waals surface area (Å²) in [6.45, 7) is 6.93. The summed E-state index contributed by atoms with van der Waals surface area (Å²) in [6.07, 6.45) is 71.4. The van der Waals surface area contributed by atoms with Crippen LogP contribution in [0.15, 0.2) is 85.1 Å². The van der Waals surface area contributed by atoms with E-state index in [1.165, 1.54) is 109 Å². The van der Waals surface area contributed by atoms with Gasteiger partial charge >= 0.3 is 13.8 Å². The predicted octanol–water partition coefficient (Wildman–Crippen LogP) is 19.0. The summed E-state index contributed by atoms with van der Waals surface area (Å²) in [5, 5.41) is 3.04. The number of carbonyl (C=O) groups excluding carboxylic acids is 2. The van der Waals surface area contributed by atoms with Gasteiger partial charge in [-0.3, -0.25) is 18.6 Å². The third-order valence-electron chi connectivity index (χ3n) is 13.3. The Balaban J connectivity index is 5.35. The molecule has 0 saturated heterocycles. The second-order valence-electron chi connectivity index (χ2n) is 21.9. The predicted molar refractivity (Wildman–Crippen MR) is 323 cm³/mol. The Bertz CT molecular complexity index is 1560. The lowest BCUT2D eigenvalue weighted by atomic mass is 10.0. The maximum absolute atomic E-state index is 13.5. The normalized spacial score (nSPS) is 14.3. The Morgan fingerprint density at radius 1 is 0.480 bits per heavy atom. The Morgan fingerprint density at radius 3 is 1.32 bits per heavy atom. The number of nitrogens with one attached hydrogen (secondary N) is 1. The van der Waals surface area contributed by atoms with Crippen LogP contribution in [0, 0.1) is 0 Å². The van der Waals surface area contributed by atoms with Crippen LogP contribution in [0.3, 0.4) is 0 Å². The molecule has 0 radical (unpaired) electrons. The second kappa shape index (κ2) is 54.5. The SMILES string of the molecule is CCCCC/C=C\C/C=C\C/C=C\C/C=C\CCCCCCCC(=O)OC(/C=C\CCCCCCCCCCCCC)C(COP(=O)(O)OCC[N+](C)(C)C)NC(=O)CCCCCCCC/C=C/C=C/CCCCC. The van der Waals surface area contributed by atoms with Gasteiger partial charge in [-0.05, 0) is 102 Å². The van der Waals surface area contributed by atoms with Crippen LogP contribution in [0.2, 0.25) is 0 Å². The van der Waals surface area contributed by atoms with E-state index in [0.29, 0.717) is 23.9 Å². The number of likely N-dealkylation sites (N-methyl/N-ethyl adjacent to an activating group) is 1. The van der Waals surface area contributed by atoms with Crippen LogP contribution in [0.25, 0.3) is 0 Å². The molecule has 2 N–H and O–H groups in total. The molecule has 3 atom stereocenters. The van der Waals surface area contributed by atoms with E-state index < -0.39 is 20.0 Å². The van der Waals surface area contributed by atoms with Gasteiger partial charge in [0.2, 0.25) is 5.91 Å². The van der Waals surface area contributed by atoms with Gasteiger partial charge < -0.3 is 19.4 Å². The zero-order valence-corrected chi connectivity index (χ0v) is 50.4. The highest BCUT2D eigenvalue weighted by atomic mass is 31.2. The minimum absolute atomic E-state index is 0.0311. The number of amides is 1. The molecular formula is C65H118N2O7P+. The molecule has 0 spiro atoms. The summed E-state index contributed by atoms with van der Waals surface area (Å²) in [5.41, 5.74) is 0. The molecule has 0 rings (SSSR count). The number of ether oxygens (including phenoxy) is 1. The van der Waals surface area contributed by atoms with Gasteiger partial charge in [0, 0.05) is 12.8 Å². The van der Waals surface area contributed by atoms with E-state index in [0.717, 1.165) is 116 Å². The van der Waals surface area contributed by atoms with Crippen molar-refractivity contribution in [3.63, 3.8) is 0 Å². The van der Waals surface area contributed by atoms with Gasteiger partial charge in [0.1, 0.15) is 19.3 Å². The third-order valence-corrected chi connectivity index (χ3v) is 14.3. The average Bonchev–Trinajstić information content (AvgIpc) is 3.37. The van der Waals surface area contributed by atoms with Crippen LogP contribution in [-0.2, 0) is 27.9 Å². The number of hydrogen-bond acceptors (Lipinski definition) is 6. The maximum atomic E-state index is 13.5. The highest BCUT2D eigenvalue weighted by Crippen LogP contribution is 2.43. The van der Waals surface area contributed by atoms with Crippen molar-refractivity contribution in [2.24, 2.45) is 0 Å². The van der Waals surface area contributed by atoms with Crippen molar-refractivity contribution in [1.82, 2.24) is 5.32 Å². The summed E-state index contributed by atoms with van der Waals surface area (Å²) in [4.78, 5) is 37.7. The molecule has 434 valence electrons. The van der Waals surface area contributed by atoms with Crippen molar-refractivity contribution in [3.05, 3.63) is 85.1 Å². The number of hydrogen-bond donors (Lipinski definition) is 2. The van der Waals surface area contributed by atoms with E-state index in [1.807, 2.05) is 33.3 Å². The first-order valence-electron chi connectivity index (χ1n) is 30.9. The minimum atomic E-state index is -4.46. The lowest BCUT2D eigenvalue weighted by Crippen LogP contribution is -2.47. The molecule has 0 aliphatic heterocycles. The van der Waals surface area contributed by atoms with Crippen molar-refractivity contribution in [2.45, 2.75) is 277 Å². The third kappa shape index (κ3) is 55.7. The first-order valence-corrected chi connectivity index (χ1v) is 32.4. The lowest BCUT2D eigenvalue weighted by Gasteiger charge is -2.27. The number of carbonyl (C=O) groups is 2. The van der Waals surface area contributed by atoms with Gasteiger partial charge in [0.15, 0.2) is 0 Å². The molecule has 0 bridgehead atoms. The number of phosphoric acid groups is 1. The van der Waals surface area contributed by atoms with Crippen LogP contribution in [-0.4, -0.2) is 74.3 Å². The van der Waals surface area contributed by atoms with Crippen LogP contribution in [0.4, 0.5) is 0 Å². The first-order chi connectivity index (χ1) is 36.4. The second-order valence-corrected chi connectivity index (χ2v) is 23.4. The topological polar surface area (TPSA) is 111 Å². The highest BCUT2D eigenvalue weighted by Gasteiger charge is 2.30. The molecule has 75 heavy (non-hydrogen) atoms. The summed E-state index contributed by atoms with van der Waals surface area (Å²) < 4.78 is 30.7. The van der Waals surface area contributed by atoms with Crippen LogP contribution < -0.4 is 5.32 Å². The number of allylic oxidation sites excluding steroid dienone is 13. The number of rotatable bonds is 55. The Morgan fingerprint density at radius 2 is 0.853 bits per heavy atom. The van der Waals surface area contributed by atoms with Crippen LogP contribution in [0.1, 0.15) is 265 Å². The summed E-state index contributed by atoms with van der Waals surface area (Å²) in [6, 6.07) is -0.866. The number of phosphoric ester groups is 1. The standard InChI is InChI=1S/C65H117N2O7P/c1-7-10-13-16-19-22-25-28-30-31-32-33-34-35-37-40-43-46-49-52-55-58-65(69)74-63(56-53-50-47-44-41-38-27-24-21-18-15-12-9-3)62(61-73-75(70,71)72-60-59-67(4,5)6)66-64(68)57-54-51-48-45-42-39-36-29-26-23-20-17-14-11-8-2/h19-20,22-23,26,28-30,32-33,35,37,53,56,62-63H,7-18,21,24-25,27,31,34,36,38-52,54-55,57-61H2,1-6H3,(H-,66,68,70,71)/p+1/b22-19-,23-20+,29-26+,30-28-,33-32-,37-35-,56-53-. The number of nitrogens with zero attached hydrogens (tertiary/aromatic N) is 1. The van der Waals surface area contributed by atoms with E-state index in [1.54, 1.807) is 0 Å². The van der Waals surface area contributed by atoms with Crippen LogP contribution >= 0.6 is 7.82 Å². The molecule has 0 aliphatic carbocycles. The van der Waals surface area contributed by atoms with Crippen molar-refractivity contribution < 1.29 is 37.3 Å². The van der Waals surface area contributed by atoms with Gasteiger partial charge in [0.25, 0.3) is 0 Å². The zero-order valence-electron chi connectivity index (χ0n) is 49.5. The Kier molecular flexibility index (Phi) is 52.5. The minimum Gasteiger partial charge on any atom is -0.456 e. The quantitative estimate of drug-likeness (QED) is 0.0156.